The van der Waals surface area contributed by atoms with Crippen molar-refractivity contribution in [3.8, 4) is 22.8 Å². The lowest BCUT2D eigenvalue weighted by Gasteiger charge is -2.14. The molecule has 2 heterocycles. The maximum Gasteiger partial charge on any atom is 0.308 e. The number of sulfonamides is 1. The van der Waals surface area contributed by atoms with E-state index in [1.807, 2.05) is 36.4 Å². The van der Waals surface area contributed by atoms with Crippen molar-refractivity contribution in [2.24, 2.45) is 0 Å². The highest BCUT2D eigenvalue weighted by Crippen LogP contribution is 2.49. The van der Waals surface area contributed by atoms with Gasteiger partial charge in [0.2, 0.25) is 21.5 Å². The number of anilines is 1. The van der Waals surface area contributed by atoms with Crippen molar-refractivity contribution in [3.05, 3.63) is 42.5 Å². The number of aromatic hydroxyl groups is 1. The first-order valence-corrected chi connectivity index (χ1v) is 10.0. The molecule has 8 heteroatoms. The van der Waals surface area contributed by atoms with Crippen molar-refractivity contribution < 1.29 is 27.5 Å². The van der Waals surface area contributed by atoms with E-state index >= 15 is 0 Å². The lowest BCUT2D eigenvalue weighted by molar-refractivity contribution is -0.132. The molecule has 140 valence electrons. The van der Waals surface area contributed by atoms with Crippen LogP contribution in [-0.4, -0.2) is 31.8 Å². The van der Waals surface area contributed by atoms with Crippen LogP contribution in [-0.2, 0) is 14.8 Å². The maximum atomic E-state index is 12.3. The smallest absolute Gasteiger partial charge is 0.308 e. The summed E-state index contributed by atoms with van der Waals surface area (Å²) in [5.74, 6) is -1.53. The van der Waals surface area contributed by atoms with E-state index in [0.717, 1.165) is 15.1 Å². The van der Waals surface area contributed by atoms with Gasteiger partial charge in [0.25, 0.3) is 5.88 Å². The van der Waals surface area contributed by atoms with Gasteiger partial charge in [-0.25, -0.2) is 12.7 Å². The minimum atomic E-state index is -3.58. The van der Waals surface area contributed by atoms with Crippen LogP contribution in [0.25, 0.3) is 22.1 Å². The van der Waals surface area contributed by atoms with Gasteiger partial charge in [0, 0.05) is 19.0 Å². The van der Waals surface area contributed by atoms with Crippen LogP contribution in [0.2, 0.25) is 0 Å². The number of furan rings is 1. The Bertz CT molecular complexity index is 1150. The predicted molar refractivity (Wildman–Crippen MR) is 100 cm³/mol. The van der Waals surface area contributed by atoms with Gasteiger partial charge in [0.1, 0.15) is 0 Å². The Morgan fingerprint density at radius 3 is 2.59 bits per heavy atom. The number of fused-ring (bicyclic) bond motifs is 1. The number of nitrogens with zero attached hydrogens (tertiary/aromatic N) is 1. The van der Waals surface area contributed by atoms with Gasteiger partial charge >= 0.3 is 5.97 Å². The molecule has 4 rings (SSSR count). The second-order valence-corrected chi connectivity index (χ2v) is 8.32. The second kappa shape index (κ2) is 6.31. The van der Waals surface area contributed by atoms with Crippen LogP contribution in [0.5, 0.6) is 11.5 Å². The first-order valence-electron chi connectivity index (χ1n) is 8.40. The highest BCUT2D eigenvalue weighted by molar-refractivity contribution is 7.93. The molecular weight excluding hydrogens is 370 g/mol. The molecule has 1 aromatic heterocycles. The monoisotopic (exact) mass is 387 g/mol. The summed E-state index contributed by atoms with van der Waals surface area (Å²) >= 11 is 0. The van der Waals surface area contributed by atoms with Crippen molar-refractivity contribution in [3.63, 3.8) is 0 Å². The first-order chi connectivity index (χ1) is 12.9. The zero-order valence-corrected chi connectivity index (χ0v) is 15.3. The fraction of sp³-hybridized carbons (Fsp3) is 0.211. The van der Waals surface area contributed by atoms with E-state index in [1.165, 1.54) is 6.92 Å². The van der Waals surface area contributed by atoms with E-state index in [-0.39, 0.29) is 29.7 Å². The second-order valence-electron chi connectivity index (χ2n) is 6.31. The molecule has 27 heavy (non-hydrogen) atoms. The zero-order chi connectivity index (χ0) is 19.2. The Kier molecular flexibility index (Phi) is 4.07. The number of hydrogen-bond donors (Lipinski definition) is 1. The van der Waals surface area contributed by atoms with Gasteiger partial charge in [-0.15, -0.1) is 0 Å². The molecule has 1 aliphatic heterocycles. The van der Waals surface area contributed by atoms with Gasteiger partial charge in [-0.05, 0) is 23.3 Å². The third-order valence-corrected chi connectivity index (χ3v) is 6.23. The molecule has 1 fully saturated rings. The largest absolute Gasteiger partial charge is 0.502 e. The SMILES string of the molecule is CC(=O)Oc1c(N2CCCS2(=O)=O)oc(-c2ccc3ccccc3c2)c1O. The number of carbonyl (C=O) groups excluding carboxylic acids is 1. The summed E-state index contributed by atoms with van der Waals surface area (Å²) in [6, 6.07) is 13.1. The summed E-state index contributed by atoms with van der Waals surface area (Å²) in [7, 11) is -3.58. The normalized spacial score (nSPS) is 16.0. The molecule has 1 aliphatic rings. The van der Waals surface area contributed by atoms with Gasteiger partial charge in [-0.2, -0.15) is 0 Å². The molecule has 0 amide bonds. The quantitative estimate of drug-likeness (QED) is 0.693. The Hall–Kier alpha value is -3.00. The molecule has 0 unspecified atom stereocenters. The minimum Gasteiger partial charge on any atom is -0.502 e. The number of esters is 1. The van der Waals surface area contributed by atoms with Crippen molar-refractivity contribution >= 4 is 32.6 Å². The van der Waals surface area contributed by atoms with E-state index in [1.54, 1.807) is 6.07 Å². The molecule has 0 aliphatic carbocycles. The van der Waals surface area contributed by atoms with Crippen LogP contribution in [0.4, 0.5) is 5.88 Å². The molecular formula is C19H17NO6S. The van der Waals surface area contributed by atoms with Crippen LogP contribution < -0.4 is 9.04 Å². The molecule has 0 bridgehead atoms. The van der Waals surface area contributed by atoms with E-state index < -0.39 is 21.7 Å². The van der Waals surface area contributed by atoms with Gasteiger partial charge in [0.15, 0.2) is 5.76 Å². The molecule has 7 nitrogen and oxygen atoms in total. The summed E-state index contributed by atoms with van der Waals surface area (Å²) in [4.78, 5) is 11.5. The number of rotatable bonds is 3. The highest BCUT2D eigenvalue weighted by Gasteiger charge is 2.37. The van der Waals surface area contributed by atoms with E-state index in [4.69, 9.17) is 9.15 Å². The Balaban J connectivity index is 1.89. The third-order valence-electron chi connectivity index (χ3n) is 4.41. The van der Waals surface area contributed by atoms with Gasteiger partial charge in [0.05, 0.1) is 5.75 Å². The topological polar surface area (TPSA) is 97.0 Å². The van der Waals surface area contributed by atoms with Crippen LogP contribution in [0.1, 0.15) is 13.3 Å². The number of ether oxygens (including phenoxy) is 1. The summed E-state index contributed by atoms with van der Waals surface area (Å²) < 4.78 is 36.4. The highest BCUT2D eigenvalue weighted by atomic mass is 32.2. The predicted octanol–water partition coefficient (Wildman–Crippen LogP) is 3.27. The minimum absolute atomic E-state index is 0.0285. The maximum absolute atomic E-state index is 12.3. The fourth-order valence-electron chi connectivity index (χ4n) is 3.19. The lowest BCUT2D eigenvalue weighted by atomic mass is 10.1. The zero-order valence-electron chi connectivity index (χ0n) is 14.5. The van der Waals surface area contributed by atoms with E-state index in [9.17, 15) is 18.3 Å². The van der Waals surface area contributed by atoms with Crippen LogP contribution in [0.3, 0.4) is 0 Å². The Morgan fingerprint density at radius 2 is 1.93 bits per heavy atom. The van der Waals surface area contributed by atoms with Crippen molar-refractivity contribution in [1.82, 2.24) is 0 Å². The fourth-order valence-corrected chi connectivity index (χ4v) is 4.68. The Morgan fingerprint density at radius 1 is 1.19 bits per heavy atom. The average Bonchev–Trinajstić information content (AvgIpc) is 3.13. The molecule has 1 saturated heterocycles. The van der Waals surface area contributed by atoms with Crippen molar-refractivity contribution in [2.45, 2.75) is 13.3 Å². The van der Waals surface area contributed by atoms with Crippen LogP contribution >= 0.6 is 0 Å². The molecule has 0 spiro atoms. The summed E-state index contributed by atoms with van der Waals surface area (Å²) in [5.41, 5.74) is 0.544. The van der Waals surface area contributed by atoms with Crippen LogP contribution in [0.15, 0.2) is 46.9 Å². The average molecular weight is 387 g/mol. The van der Waals surface area contributed by atoms with Crippen molar-refractivity contribution in [1.29, 1.82) is 0 Å². The number of hydrogen-bond acceptors (Lipinski definition) is 6. The summed E-state index contributed by atoms with van der Waals surface area (Å²) in [6.45, 7) is 1.37. The van der Waals surface area contributed by atoms with Crippen molar-refractivity contribution in [2.75, 3.05) is 16.6 Å². The summed E-state index contributed by atoms with van der Waals surface area (Å²) in [5, 5.41) is 12.6. The Labute approximate surface area is 155 Å². The molecule has 0 saturated carbocycles. The standard InChI is InChI=1S/C19H17NO6S/c1-12(21)25-18-16(22)17(26-19(18)20-9-4-10-27(20,23)24)15-8-7-13-5-2-3-6-14(13)11-15/h2-3,5-8,11,22H,4,9-10H2,1H3. The van der Waals surface area contributed by atoms with E-state index in [2.05, 4.69) is 0 Å². The third kappa shape index (κ3) is 3.02. The van der Waals surface area contributed by atoms with Gasteiger partial charge < -0.3 is 14.3 Å². The molecule has 2 aromatic carbocycles. The molecule has 0 radical (unpaired) electrons. The molecule has 3 aromatic rings. The van der Waals surface area contributed by atoms with Gasteiger partial charge in [-0.3, -0.25) is 4.79 Å². The number of carbonyl (C=O) groups is 1. The lowest BCUT2D eigenvalue weighted by Crippen LogP contribution is -2.25. The van der Waals surface area contributed by atoms with Gasteiger partial charge in [-0.1, -0.05) is 36.4 Å². The molecule has 1 N–H and O–H groups in total. The number of benzene rings is 2. The molecule has 0 atom stereocenters. The van der Waals surface area contributed by atoms with Crippen LogP contribution in [0, 0.1) is 0 Å². The summed E-state index contributed by atoms with van der Waals surface area (Å²) in [6.07, 6.45) is 0.425. The first kappa shape index (κ1) is 17.4. The van der Waals surface area contributed by atoms with E-state index in [0.29, 0.717) is 12.0 Å².